The average molecular weight is 281 g/mol. The topological polar surface area (TPSA) is 88.2 Å². The molecule has 3 N–H and O–H groups in total. The van der Waals surface area contributed by atoms with Gasteiger partial charge >= 0.3 is 0 Å². The summed E-state index contributed by atoms with van der Waals surface area (Å²) in [7, 11) is 3.40. The van der Waals surface area contributed by atoms with Crippen LogP contribution in [0.15, 0.2) is 6.07 Å². The minimum absolute atomic E-state index is 0.0938. The van der Waals surface area contributed by atoms with Gasteiger partial charge in [-0.25, -0.2) is 9.97 Å². The monoisotopic (exact) mass is 281 g/mol. The van der Waals surface area contributed by atoms with Crippen LogP contribution in [0.2, 0.25) is 0 Å². The molecule has 0 spiro atoms. The van der Waals surface area contributed by atoms with E-state index in [1.807, 2.05) is 0 Å². The van der Waals surface area contributed by atoms with Gasteiger partial charge in [0, 0.05) is 33.2 Å². The largest absolute Gasteiger partial charge is 0.383 e. The third kappa shape index (κ3) is 5.83. The molecule has 1 aromatic heterocycles. The van der Waals surface area contributed by atoms with Crippen LogP contribution in [0, 0.1) is 0 Å². The lowest BCUT2D eigenvalue weighted by atomic mass is 10.3. The molecule has 1 heterocycles. The quantitative estimate of drug-likeness (QED) is 0.576. The number of carbonyl (C=O) groups is 1. The lowest BCUT2D eigenvalue weighted by molar-refractivity contribution is -0.119. The highest BCUT2D eigenvalue weighted by atomic mass is 16.5. The third-order valence-corrected chi connectivity index (χ3v) is 2.56. The molecule has 0 aromatic carbocycles. The number of aryl methyl sites for hydroxylation is 1. The van der Waals surface area contributed by atoms with Gasteiger partial charge in [0.05, 0.1) is 13.2 Å². The molecule has 0 radical (unpaired) electrons. The Morgan fingerprint density at radius 1 is 1.35 bits per heavy atom. The molecule has 0 aliphatic carbocycles. The first-order valence-corrected chi connectivity index (χ1v) is 6.74. The van der Waals surface area contributed by atoms with Crippen molar-refractivity contribution in [2.75, 3.05) is 44.5 Å². The van der Waals surface area contributed by atoms with Crippen molar-refractivity contribution in [1.82, 2.24) is 15.3 Å². The average Bonchev–Trinajstić information content (AvgIpc) is 2.45. The van der Waals surface area contributed by atoms with Crippen LogP contribution >= 0.6 is 0 Å². The van der Waals surface area contributed by atoms with E-state index in [0.717, 1.165) is 24.5 Å². The van der Waals surface area contributed by atoms with E-state index < -0.39 is 0 Å². The maximum absolute atomic E-state index is 11.6. The number of methoxy groups -OCH3 is 1. The minimum atomic E-state index is -0.0938. The Labute approximate surface area is 119 Å². The summed E-state index contributed by atoms with van der Waals surface area (Å²) in [6.07, 6.45) is 1.79. The Bertz CT molecular complexity index is 425. The highest BCUT2D eigenvalue weighted by Crippen LogP contribution is 2.11. The Morgan fingerprint density at radius 2 is 2.10 bits per heavy atom. The summed E-state index contributed by atoms with van der Waals surface area (Å²) in [4.78, 5) is 20.3. The maximum atomic E-state index is 11.6. The van der Waals surface area contributed by atoms with E-state index in [9.17, 15) is 4.79 Å². The van der Waals surface area contributed by atoms with Crippen LogP contribution in [0.3, 0.4) is 0 Å². The number of nitrogens with one attached hydrogen (secondary N) is 3. The van der Waals surface area contributed by atoms with Gasteiger partial charge in [0.1, 0.15) is 17.5 Å². The van der Waals surface area contributed by atoms with Crippen molar-refractivity contribution < 1.29 is 9.53 Å². The molecular formula is C13H23N5O2. The second-order valence-electron chi connectivity index (χ2n) is 4.25. The molecule has 0 aliphatic rings. The zero-order chi connectivity index (χ0) is 14.8. The molecule has 7 nitrogen and oxygen atoms in total. The zero-order valence-corrected chi connectivity index (χ0v) is 12.3. The normalized spacial score (nSPS) is 10.2. The molecule has 112 valence electrons. The van der Waals surface area contributed by atoms with Gasteiger partial charge in [0.15, 0.2) is 0 Å². The minimum Gasteiger partial charge on any atom is -0.383 e. The molecule has 20 heavy (non-hydrogen) atoms. The van der Waals surface area contributed by atoms with E-state index >= 15 is 0 Å². The summed E-state index contributed by atoms with van der Waals surface area (Å²) >= 11 is 0. The first-order valence-electron chi connectivity index (χ1n) is 6.74. The number of anilines is 2. The van der Waals surface area contributed by atoms with Crippen molar-refractivity contribution >= 4 is 17.5 Å². The number of ether oxygens (including phenoxy) is 1. The van der Waals surface area contributed by atoms with Crippen LogP contribution < -0.4 is 16.0 Å². The van der Waals surface area contributed by atoms with Gasteiger partial charge in [-0.3, -0.25) is 4.79 Å². The van der Waals surface area contributed by atoms with E-state index in [1.54, 1.807) is 20.2 Å². The van der Waals surface area contributed by atoms with E-state index in [4.69, 9.17) is 4.74 Å². The molecule has 0 unspecified atom stereocenters. The SMILES string of the molecule is CCCc1nc(NC)cc(NCC(=O)NCCOC)n1. The van der Waals surface area contributed by atoms with Gasteiger partial charge in [0.25, 0.3) is 0 Å². The van der Waals surface area contributed by atoms with Crippen LogP contribution in [0.4, 0.5) is 11.6 Å². The molecule has 1 amide bonds. The molecule has 0 bridgehead atoms. The molecule has 0 atom stereocenters. The van der Waals surface area contributed by atoms with Crippen molar-refractivity contribution in [1.29, 1.82) is 0 Å². The molecule has 0 fully saturated rings. The smallest absolute Gasteiger partial charge is 0.239 e. The van der Waals surface area contributed by atoms with Gasteiger partial charge in [-0.1, -0.05) is 6.92 Å². The van der Waals surface area contributed by atoms with Gasteiger partial charge in [-0.05, 0) is 6.42 Å². The summed E-state index contributed by atoms with van der Waals surface area (Å²) < 4.78 is 4.86. The van der Waals surface area contributed by atoms with Gasteiger partial charge in [-0.2, -0.15) is 0 Å². The van der Waals surface area contributed by atoms with Gasteiger partial charge in [-0.15, -0.1) is 0 Å². The van der Waals surface area contributed by atoms with Crippen molar-refractivity contribution in [2.45, 2.75) is 19.8 Å². The highest BCUT2D eigenvalue weighted by Gasteiger charge is 2.05. The standard InChI is InChI=1S/C13H23N5O2/c1-4-5-10-17-11(14-2)8-12(18-10)16-9-13(19)15-6-7-20-3/h8H,4-7,9H2,1-3H3,(H,15,19)(H2,14,16,17,18). The van der Waals surface area contributed by atoms with Crippen molar-refractivity contribution in [3.05, 3.63) is 11.9 Å². The maximum Gasteiger partial charge on any atom is 0.239 e. The first-order chi connectivity index (χ1) is 9.69. The fraction of sp³-hybridized carbons (Fsp3) is 0.615. The molecule has 1 rings (SSSR count). The molecule has 0 aliphatic heterocycles. The number of rotatable bonds is 9. The van der Waals surface area contributed by atoms with Gasteiger partial charge < -0.3 is 20.7 Å². The van der Waals surface area contributed by atoms with Crippen LogP contribution in [-0.4, -0.2) is 49.7 Å². The Balaban J connectivity index is 2.53. The summed E-state index contributed by atoms with van der Waals surface area (Å²) in [6.45, 7) is 3.26. The van der Waals surface area contributed by atoms with Crippen LogP contribution in [0.1, 0.15) is 19.2 Å². The van der Waals surface area contributed by atoms with Crippen LogP contribution in [0.25, 0.3) is 0 Å². The first kappa shape index (κ1) is 16.2. The Hall–Kier alpha value is -1.89. The molecular weight excluding hydrogens is 258 g/mol. The lowest BCUT2D eigenvalue weighted by Crippen LogP contribution is -2.32. The summed E-state index contributed by atoms with van der Waals surface area (Å²) in [5.74, 6) is 2.06. The number of aromatic nitrogens is 2. The highest BCUT2D eigenvalue weighted by molar-refractivity contribution is 5.80. The summed E-state index contributed by atoms with van der Waals surface area (Å²) in [6, 6.07) is 1.78. The Kier molecular flexibility index (Phi) is 7.34. The van der Waals surface area contributed by atoms with Crippen molar-refractivity contribution in [2.24, 2.45) is 0 Å². The van der Waals surface area contributed by atoms with Crippen LogP contribution in [-0.2, 0) is 16.0 Å². The number of amides is 1. The van der Waals surface area contributed by atoms with E-state index in [2.05, 4.69) is 32.8 Å². The van der Waals surface area contributed by atoms with E-state index in [0.29, 0.717) is 19.0 Å². The number of hydrogen-bond acceptors (Lipinski definition) is 6. The second-order valence-corrected chi connectivity index (χ2v) is 4.25. The van der Waals surface area contributed by atoms with Crippen molar-refractivity contribution in [3.8, 4) is 0 Å². The third-order valence-electron chi connectivity index (χ3n) is 2.56. The second kappa shape index (κ2) is 9.08. The number of carbonyl (C=O) groups excluding carboxylic acids is 1. The molecule has 0 saturated carbocycles. The molecule has 7 heteroatoms. The molecule has 1 aromatic rings. The van der Waals surface area contributed by atoms with Gasteiger partial charge in [0.2, 0.25) is 5.91 Å². The van der Waals surface area contributed by atoms with E-state index in [-0.39, 0.29) is 12.5 Å². The van der Waals surface area contributed by atoms with Crippen LogP contribution in [0.5, 0.6) is 0 Å². The van der Waals surface area contributed by atoms with E-state index in [1.165, 1.54) is 0 Å². The zero-order valence-electron chi connectivity index (χ0n) is 12.3. The Morgan fingerprint density at radius 3 is 2.75 bits per heavy atom. The fourth-order valence-corrected chi connectivity index (χ4v) is 1.58. The number of hydrogen-bond donors (Lipinski definition) is 3. The van der Waals surface area contributed by atoms with Crippen molar-refractivity contribution in [3.63, 3.8) is 0 Å². The molecule has 0 saturated heterocycles. The predicted molar refractivity (Wildman–Crippen MR) is 78.9 cm³/mol. The summed E-state index contributed by atoms with van der Waals surface area (Å²) in [5, 5.41) is 8.73. The fourth-order valence-electron chi connectivity index (χ4n) is 1.58. The predicted octanol–water partition coefficient (Wildman–Crippen LogP) is 0.645. The number of nitrogens with zero attached hydrogens (tertiary/aromatic N) is 2. The summed E-state index contributed by atoms with van der Waals surface area (Å²) in [5.41, 5.74) is 0. The lowest BCUT2D eigenvalue weighted by Gasteiger charge is -2.10.